The van der Waals surface area contributed by atoms with E-state index in [0.717, 1.165) is 19.6 Å². The van der Waals surface area contributed by atoms with Crippen molar-refractivity contribution in [2.24, 2.45) is 13.0 Å². The Morgan fingerprint density at radius 2 is 2.11 bits per heavy atom. The van der Waals surface area contributed by atoms with Crippen LogP contribution in [0.25, 0.3) is 0 Å². The molecule has 0 unspecified atom stereocenters. The topological polar surface area (TPSA) is 47.7 Å². The van der Waals surface area contributed by atoms with Crippen molar-refractivity contribution in [2.75, 3.05) is 0 Å². The predicted octanol–water partition coefficient (Wildman–Crippen LogP) is 1.56. The van der Waals surface area contributed by atoms with Crippen molar-refractivity contribution < 1.29 is 0 Å². The van der Waals surface area contributed by atoms with E-state index in [2.05, 4.69) is 35.6 Å². The highest BCUT2D eigenvalue weighted by atomic mass is 15.3. The maximum Gasteiger partial charge on any atom is 0.0534 e. The second kappa shape index (κ2) is 5.82. The Bertz CT molecular complexity index is 483. The van der Waals surface area contributed by atoms with Gasteiger partial charge in [-0.1, -0.05) is 13.8 Å². The van der Waals surface area contributed by atoms with Gasteiger partial charge < -0.3 is 5.32 Å². The molecule has 2 aromatic heterocycles. The Kier molecular flexibility index (Phi) is 4.15. The summed E-state index contributed by atoms with van der Waals surface area (Å²) in [5.41, 5.74) is 2.40. The summed E-state index contributed by atoms with van der Waals surface area (Å²) in [5.74, 6) is 0.625. The summed E-state index contributed by atoms with van der Waals surface area (Å²) in [6.45, 7) is 7.03. The first-order chi connectivity index (χ1) is 8.65. The van der Waals surface area contributed by atoms with E-state index in [0.29, 0.717) is 5.92 Å². The van der Waals surface area contributed by atoms with Crippen molar-refractivity contribution in [1.82, 2.24) is 24.9 Å². The zero-order chi connectivity index (χ0) is 13.0. The van der Waals surface area contributed by atoms with Crippen LogP contribution in [0.15, 0.2) is 24.7 Å². The highest BCUT2D eigenvalue weighted by Gasteiger charge is 2.02. The van der Waals surface area contributed by atoms with Crippen LogP contribution < -0.4 is 5.32 Å². The minimum atomic E-state index is 0.625. The maximum absolute atomic E-state index is 4.35. The molecule has 0 aliphatic heterocycles. The summed E-state index contributed by atoms with van der Waals surface area (Å²) in [7, 11) is 1.96. The van der Waals surface area contributed by atoms with Crippen LogP contribution in [-0.4, -0.2) is 19.6 Å². The predicted molar refractivity (Wildman–Crippen MR) is 70.8 cm³/mol. The minimum Gasteiger partial charge on any atom is -0.307 e. The number of hydrogen-bond acceptors (Lipinski definition) is 3. The highest BCUT2D eigenvalue weighted by Crippen LogP contribution is 2.02. The summed E-state index contributed by atoms with van der Waals surface area (Å²) < 4.78 is 3.89. The molecule has 5 nitrogen and oxygen atoms in total. The highest BCUT2D eigenvalue weighted by molar-refractivity contribution is 5.05. The van der Waals surface area contributed by atoms with Crippen molar-refractivity contribution in [2.45, 2.75) is 33.5 Å². The van der Waals surface area contributed by atoms with Gasteiger partial charge in [-0.05, 0) is 12.0 Å². The van der Waals surface area contributed by atoms with E-state index in [9.17, 15) is 0 Å². The number of hydrogen-bond donors (Lipinski definition) is 1. The molecule has 0 spiro atoms. The maximum atomic E-state index is 4.35. The molecule has 0 radical (unpaired) electrons. The smallest absolute Gasteiger partial charge is 0.0534 e. The van der Waals surface area contributed by atoms with E-state index in [1.165, 1.54) is 11.3 Å². The van der Waals surface area contributed by atoms with Crippen molar-refractivity contribution in [3.05, 3.63) is 35.9 Å². The zero-order valence-electron chi connectivity index (χ0n) is 11.3. The van der Waals surface area contributed by atoms with E-state index >= 15 is 0 Å². The van der Waals surface area contributed by atoms with Gasteiger partial charge in [0.1, 0.15) is 0 Å². The summed E-state index contributed by atoms with van der Waals surface area (Å²) in [4.78, 5) is 0. The first-order valence-corrected chi connectivity index (χ1v) is 6.34. The normalized spacial score (nSPS) is 11.3. The second-order valence-electron chi connectivity index (χ2n) is 5.01. The third kappa shape index (κ3) is 3.43. The van der Waals surface area contributed by atoms with Crippen LogP contribution in [0.4, 0.5) is 0 Å². The van der Waals surface area contributed by atoms with Crippen LogP contribution in [0.1, 0.15) is 25.1 Å². The standard InChI is InChI=1S/C13H21N5/c1-11(2)9-18-10-12(7-16-18)6-14-8-13-4-5-15-17(13)3/h4-5,7,10-11,14H,6,8-9H2,1-3H3. The number of nitrogens with zero attached hydrogens (tertiary/aromatic N) is 4. The van der Waals surface area contributed by atoms with E-state index in [1.807, 2.05) is 34.9 Å². The summed E-state index contributed by atoms with van der Waals surface area (Å²) >= 11 is 0. The van der Waals surface area contributed by atoms with E-state index < -0.39 is 0 Å². The largest absolute Gasteiger partial charge is 0.307 e. The average Bonchev–Trinajstić information content (AvgIpc) is 2.89. The molecule has 0 fully saturated rings. The lowest BCUT2D eigenvalue weighted by Gasteiger charge is -2.04. The van der Waals surface area contributed by atoms with Gasteiger partial charge in [-0.25, -0.2) is 0 Å². The Morgan fingerprint density at radius 3 is 2.78 bits per heavy atom. The summed E-state index contributed by atoms with van der Waals surface area (Å²) in [6, 6.07) is 2.02. The summed E-state index contributed by atoms with van der Waals surface area (Å²) in [5, 5.41) is 11.9. The molecule has 98 valence electrons. The molecule has 0 amide bonds. The molecule has 2 heterocycles. The molecule has 0 saturated carbocycles. The lowest BCUT2D eigenvalue weighted by atomic mass is 10.2. The molecule has 2 rings (SSSR count). The molecule has 1 N–H and O–H groups in total. The Morgan fingerprint density at radius 1 is 1.28 bits per heavy atom. The van der Waals surface area contributed by atoms with Gasteiger partial charge in [0.2, 0.25) is 0 Å². The van der Waals surface area contributed by atoms with Gasteiger partial charge in [0.25, 0.3) is 0 Å². The molecule has 18 heavy (non-hydrogen) atoms. The van der Waals surface area contributed by atoms with Crippen molar-refractivity contribution in [1.29, 1.82) is 0 Å². The van der Waals surface area contributed by atoms with Gasteiger partial charge in [-0.3, -0.25) is 9.36 Å². The molecule has 0 aliphatic rings. The van der Waals surface area contributed by atoms with E-state index in [4.69, 9.17) is 0 Å². The number of nitrogens with one attached hydrogen (secondary N) is 1. The number of rotatable bonds is 6. The fraction of sp³-hybridized carbons (Fsp3) is 0.538. The van der Waals surface area contributed by atoms with Gasteiger partial charge in [0, 0.05) is 44.6 Å². The van der Waals surface area contributed by atoms with Gasteiger partial charge in [0.05, 0.1) is 11.9 Å². The van der Waals surface area contributed by atoms with Crippen LogP contribution in [0.3, 0.4) is 0 Å². The van der Waals surface area contributed by atoms with Crippen LogP contribution in [0.5, 0.6) is 0 Å². The molecule has 0 atom stereocenters. The lowest BCUT2D eigenvalue weighted by Crippen LogP contribution is -2.15. The third-order valence-electron chi connectivity index (χ3n) is 2.80. The van der Waals surface area contributed by atoms with Crippen LogP contribution in [0, 0.1) is 5.92 Å². The van der Waals surface area contributed by atoms with Gasteiger partial charge in [-0.15, -0.1) is 0 Å². The fourth-order valence-corrected chi connectivity index (χ4v) is 1.88. The fourth-order valence-electron chi connectivity index (χ4n) is 1.88. The monoisotopic (exact) mass is 247 g/mol. The first-order valence-electron chi connectivity index (χ1n) is 6.34. The third-order valence-corrected chi connectivity index (χ3v) is 2.80. The molecule has 0 bridgehead atoms. The second-order valence-corrected chi connectivity index (χ2v) is 5.01. The van der Waals surface area contributed by atoms with Crippen molar-refractivity contribution >= 4 is 0 Å². The first kappa shape index (κ1) is 12.8. The quantitative estimate of drug-likeness (QED) is 0.842. The molecular weight excluding hydrogens is 226 g/mol. The van der Waals surface area contributed by atoms with Gasteiger partial charge in [-0.2, -0.15) is 10.2 Å². The van der Waals surface area contributed by atoms with E-state index in [1.54, 1.807) is 0 Å². The molecule has 0 saturated heterocycles. The van der Waals surface area contributed by atoms with Gasteiger partial charge in [0.15, 0.2) is 0 Å². The Hall–Kier alpha value is -1.62. The molecule has 5 heteroatoms. The molecule has 0 aliphatic carbocycles. The van der Waals surface area contributed by atoms with Crippen molar-refractivity contribution in [3.63, 3.8) is 0 Å². The minimum absolute atomic E-state index is 0.625. The summed E-state index contributed by atoms with van der Waals surface area (Å²) in [6.07, 6.45) is 5.85. The van der Waals surface area contributed by atoms with Crippen LogP contribution in [0.2, 0.25) is 0 Å². The Balaban J connectivity index is 1.80. The molecule has 2 aromatic rings. The SMILES string of the molecule is CC(C)Cn1cc(CNCc2ccnn2C)cn1. The molecular formula is C13H21N5. The number of aromatic nitrogens is 4. The van der Waals surface area contributed by atoms with Gasteiger partial charge >= 0.3 is 0 Å². The lowest BCUT2D eigenvalue weighted by molar-refractivity contribution is 0.482. The van der Waals surface area contributed by atoms with Crippen LogP contribution in [-0.2, 0) is 26.7 Å². The average molecular weight is 247 g/mol. The number of aryl methyl sites for hydroxylation is 1. The van der Waals surface area contributed by atoms with Crippen molar-refractivity contribution in [3.8, 4) is 0 Å². The van der Waals surface area contributed by atoms with E-state index in [-0.39, 0.29) is 0 Å². The Labute approximate surface area is 108 Å². The molecule has 0 aromatic carbocycles. The van der Waals surface area contributed by atoms with Crippen LogP contribution >= 0.6 is 0 Å². The zero-order valence-corrected chi connectivity index (χ0v) is 11.3.